The van der Waals surface area contributed by atoms with Gasteiger partial charge >= 0.3 is 0 Å². The second-order valence-electron chi connectivity index (χ2n) is 7.84. The van der Waals surface area contributed by atoms with Crippen molar-refractivity contribution in [2.75, 3.05) is 18.8 Å². The number of benzene rings is 1. The van der Waals surface area contributed by atoms with Crippen molar-refractivity contribution in [1.82, 2.24) is 10.2 Å². The second kappa shape index (κ2) is 10.5. The highest BCUT2D eigenvalue weighted by Crippen LogP contribution is 2.26. The van der Waals surface area contributed by atoms with Gasteiger partial charge in [0.25, 0.3) is 0 Å². The van der Waals surface area contributed by atoms with E-state index in [0.29, 0.717) is 24.9 Å². The summed E-state index contributed by atoms with van der Waals surface area (Å²) in [7, 11) is 0. The monoisotopic (exact) mass is 453 g/mol. The van der Waals surface area contributed by atoms with Crippen LogP contribution in [0.4, 0.5) is 13.2 Å². The summed E-state index contributed by atoms with van der Waals surface area (Å²) in [6.45, 7) is 6.80. The van der Waals surface area contributed by atoms with Crippen LogP contribution in [-0.2, 0) is 16.0 Å². The summed E-state index contributed by atoms with van der Waals surface area (Å²) in [6.07, 6.45) is -0.237. The van der Waals surface area contributed by atoms with Gasteiger partial charge < -0.3 is 16.0 Å². The fourth-order valence-corrected chi connectivity index (χ4v) is 3.91. The minimum absolute atomic E-state index is 0. The summed E-state index contributed by atoms with van der Waals surface area (Å²) < 4.78 is 40.1. The Balaban J connectivity index is 0.00000420. The third-order valence-corrected chi connectivity index (χ3v) is 5.68. The van der Waals surface area contributed by atoms with E-state index in [2.05, 4.69) is 5.32 Å². The van der Waals surface area contributed by atoms with Crippen LogP contribution in [0.3, 0.4) is 0 Å². The molecule has 0 aromatic heterocycles. The Morgan fingerprint density at radius 1 is 1.28 bits per heavy atom. The Kier molecular flexibility index (Phi) is 9.30. The maximum atomic E-state index is 13.8. The third kappa shape index (κ3) is 7.38. The number of nitrogens with zero attached hydrogens (tertiary/aromatic N) is 1. The molecular formula is C19H27ClF3N3O2S. The lowest BCUT2D eigenvalue weighted by Gasteiger charge is -2.36. The van der Waals surface area contributed by atoms with E-state index in [4.69, 9.17) is 5.73 Å². The number of nitrogens with two attached hydrogens (primary N) is 1. The quantitative estimate of drug-likeness (QED) is 0.649. The van der Waals surface area contributed by atoms with Gasteiger partial charge in [-0.3, -0.25) is 9.59 Å². The molecule has 1 aliphatic rings. The molecule has 2 atom stereocenters. The van der Waals surface area contributed by atoms with Gasteiger partial charge in [0.05, 0.1) is 0 Å². The van der Waals surface area contributed by atoms with Crippen LogP contribution in [0.5, 0.6) is 0 Å². The molecule has 5 nitrogen and oxygen atoms in total. The van der Waals surface area contributed by atoms with Crippen molar-refractivity contribution in [3.8, 4) is 0 Å². The number of rotatable bonds is 6. The highest BCUT2D eigenvalue weighted by atomic mass is 35.5. The lowest BCUT2D eigenvalue weighted by atomic mass is 10.0. The van der Waals surface area contributed by atoms with Crippen molar-refractivity contribution in [2.24, 2.45) is 5.73 Å². The number of halogens is 4. The van der Waals surface area contributed by atoms with E-state index in [1.54, 1.807) is 11.8 Å². The molecule has 10 heteroatoms. The van der Waals surface area contributed by atoms with Gasteiger partial charge in [0.15, 0.2) is 11.6 Å². The van der Waals surface area contributed by atoms with Crippen molar-refractivity contribution in [1.29, 1.82) is 0 Å². The van der Waals surface area contributed by atoms with E-state index in [9.17, 15) is 22.8 Å². The van der Waals surface area contributed by atoms with E-state index in [-0.39, 0.29) is 47.4 Å². The SMILES string of the molecule is CC(C)(C)SCC1C(=O)NCCN1C(=O)CC(N)Cc1cc(F)c(F)cc1F.Cl. The van der Waals surface area contributed by atoms with Crippen LogP contribution >= 0.6 is 24.2 Å². The number of thioether (sulfide) groups is 1. The summed E-state index contributed by atoms with van der Waals surface area (Å²) >= 11 is 1.58. The molecular weight excluding hydrogens is 427 g/mol. The van der Waals surface area contributed by atoms with Gasteiger partial charge in [-0.05, 0) is 18.1 Å². The summed E-state index contributed by atoms with van der Waals surface area (Å²) in [4.78, 5) is 26.5. The van der Waals surface area contributed by atoms with Gasteiger partial charge in [-0.2, -0.15) is 11.8 Å². The molecule has 2 unspecified atom stereocenters. The van der Waals surface area contributed by atoms with E-state index in [0.717, 1.165) is 6.07 Å². The largest absolute Gasteiger partial charge is 0.353 e. The molecule has 29 heavy (non-hydrogen) atoms. The zero-order valence-corrected chi connectivity index (χ0v) is 18.3. The molecule has 0 spiro atoms. The Morgan fingerprint density at radius 3 is 2.52 bits per heavy atom. The molecule has 2 amide bonds. The molecule has 1 aromatic carbocycles. The Labute approximate surface area is 179 Å². The topological polar surface area (TPSA) is 75.4 Å². The molecule has 1 heterocycles. The predicted octanol–water partition coefficient (Wildman–Crippen LogP) is 2.64. The molecule has 2 rings (SSSR count). The van der Waals surface area contributed by atoms with Crippen molar-refractivity contribution < 1.29 is 22.8 Å². The van der Waals surface area contributed by atoms with E-state index < -0.39 is 29.5 Å². The number of carbonyl (C=O) groups excluding carboxylic acids is 2. The number of carbonyl (C=O) groups is 2. The van der Waals surface area contributed by atoms with Crippen molar-refractivity contribution in [2.45, 2.75) is 50.4 Å². The molecule has 1 aliphatic heterocycles. The second-order valence-corrected chi connectivity index (χ2v) is 9.69. The molecule has 0 aliphatic carbocycles. The molecule has 0 saturated carbocycles. The first kappa shape index (κ1) is 25.6. The van der Waals surface area contributed by atoms with Gasteiger partial charge in [0.2, 0.25) is 11.8 Å². The molecule has 164 valence electrons. The minimum atomic E-state index is -1.27. The van der Waals surface area contributed by atoms with Crippen LogP contribution < -0.4 is 11.1 Å². The Bertz CT molecular complexity index is 746. The lowest BCUT2D eigenvalue weighted by molar-refractivity contribution is -0.142. The fourth-order valence-electron chi connectivity index (χ4n) is 2.92. The first-order valence-electron chi connectivity index (χ1n) is 9.08. The highest BCUT2D eigenvalue weighted by Gasteiger charge is 2.34. The first-order chi connectivity index (χ1) is 13.0. The Hall–Kier alpha value is -1.45. The van der Waals surface area contributed by atoms with Gasteiger partial charge in [-0.15, -0.1) is 12.4 Å². The van der Waals surface area contributed by atoms with Crippen molar-refractivity contribution in [3.05, 3.63) is 35.1 Å². The van der Waals surface area contributed by atoms with Gasteiger partial charge in [0, 0.05) is 42.1 Å². The normalized spacial score (nSPS) is 18.1. The number of piperazine rings is 1. The zero-order chi connectivity index (χ0) is 21.1. The fraction of sp³-hybridized carbons (Fsp3) is 0.579. The molecule has 3 N–H and O–H groups in total. The van der Waals surface area contributed by atoms with Crippen LogP contribution in [0.15, 0.2) is 12.1 Å². The van der Waals surface area contributed by atoms with Crippen LogP contribution in [0.2, 0.25) is 0 Å². The van der Waals surface area contributed by atoms with Gasteiger partial charge in [-0.1, -0.05) is 20.8 Å². The molecule has 0 bridgehead atoms. The standard InChI is InChI=1S/C19H26F3N3O2S.ClH/c1-19(2,3)28-10-16-18(27)24-4-5-25(16)17(26)8-12(23)6-11-7-14(21)15(22)9-13(11)20;/h7,9,12,16H,4-6,8,10,23H2,1-3H3,(H,24,27);1H. The minimum Gasteiger partial charge on any atom is -0.353 e. The van der Waals surface area contributed by atoms with Crippen molar-refractivity contribution >= 4 is 36.0 Å². The molecule has 1 fully saturated rings. The van der Waals surface area contributed by atoms with Gasteiger partial charge in [0.1, 0.15) is 11.9 Å². The molecule has 1 aromatic rings. The maximum Gasteiger partial charge on any atom is 0.243 e. The first-order valence-corrected chi connectivity index (χ1v) is 10.1. The molecule has 1 saturated heterocycles. The van der Waals surface area contributed by atoms with Crippen molar-refractivity contribution in [3.63, 3.8) is 0 Å². The van der Waals surface area contributed by atoms with Crippen LogP contribution in [-0.4, -0.2) is 52.4 Å². The highest BCUT2D eigenvalue weighted by molar-refractivity contribution is 8.00. The van der Waals surface area contributed by atoms with Crippen LogP contribution in [0, 0.1) is 17.5 Å². The number of hydrogen-bond acceptors (Lipinski definition) is 4. The summed E-state index contributed by atoms with van der Waals surface area (Å²) in [5, 5.41) is 2.76. The molecule has 0 radical (unpaired) electrons. The maximum absolute atomic E-state index is 13.8. The number of amides is 2. The van der Waals surface area contributed by atoms with Gasteiger partial charge in [-0.25, -0.2) is 13.2 Å². The Morgan fingerprint density at radius 2 is 1.90 bits per heavy atom. The van der Waals surface area contributed by atoms with E-state index in [1.165, 1.54) is 4.90 Å². The third-order valence-electron chi connectivity index (χ3n) is 4.33. The summed E-state index contributed by atoms with van der Waals surface area (Å²) in [5.74, 6) is -3.42. The van der Waals surface area contributed by atoms with Crippen LogP contribution in [0.25, 0.3) is 0 Å². The van der Waals surface area contributed by atoms with E-state index in [1.807, 2.05) is 20.8 Å². The zero-order valence-electron chi connectivity index (χ0n) is 16.6. The summed E-state index contributed by atoms with van der Waals surface area (Å²) in [5.41, 5.74) is 5.87. The number of nitrogens with one attached hydrogen (secondary N) is 1. The predicted molar refractivity (Wildman–Crippen MR) is 111 cm³/mol. The lowest BCUT2D eigenvalue weighted by Crippen LogP contribution is -2.59. The van der Waals surface area contributed by atoms with E-state index >= 15 is 0 Å². The smallest absolute Gasteiger partial charge is 0.243 e. The average molecular weight is 454 g/mol. The summed E-state index contributed by atoms with van der Waals surface area (Å²) in [6, 6.07) is -0.162. The van der Waals surface area contributed by atoms with Crippen LogP contribution in [0.1, 0.15) is 32.8 Å². The number of hydrogen-bond donors (Lipinski definition) is 2. The average Bonchev–Trinajstić information content (AvgIpc) is 2.57.